The van der Waals surface area contributed by atoms with Gasteiger partial charge in [-0.25, -0.2) is 0 Å². The highest BCUT2D eigenvalue weighted by Gasteiger charge is 2.90. The van der Waals surface area contributed by atoms with Crippen molar-refractivity contribution in [3.05, 3.63) is 0 Å². The first kappa shape index (κ1) is 26.1. The molecule has 0 bridgehead atoms. The van der Waals surface area contributed by atoms with E-state index < -0.39 is 54.2 Å². The fourth-order valence-electron chi connectivity index (χ4n) is 2.04. The van der Waals surface area contributed by atoms with Crippen LogP contribution in [0.4, 0.5) is 57.1 Å². The van der Waals surface area contributed by atoms with E-state index >= 15 is 0 Å². The molecular formula is C13H15F13O. The molecule has 0 fully saturated rings. The molecule has 14 heteroatoms. The van der Waals surface area contributed by atoms with Gasteiger partial charge in [-0.05, 0) is 13.3 Å². The Morgan fingerprint density at radius 2 is 1.00 bits per heavy atom. The second kappa shape index (κ2) is 7.14. The zero-order valence-electron chi connectivity index (χ0n) is 13.7. The van der Waals surface area contributed by atoms with Crippen LogP contribution in [0.15, 0.2) is 0 Å². The summed E-state index contributed by atoms with van der Waals surface area (Å²) in [4.78, 5) is 0. The number of alkyl halides is 13. The summed E-state index contributed by atoms with van der Waals surface area (Å²) in [5.41, 5.74) is -2.82. The van der Waals surface area contributed by atoms with Crippen LogP contribution in [-0.2, 0) is 0 Å². The lowest BCUT2D eigenvalue weighted by Crippen LogP contribution is -2.70. The lowest BCUT2D eigenvalue weighted by atomic mass is 9.85. The summed E-state index contributed by atoms with van der Waals surface area (Å²) in [5.74, 6) is -37.1. The Hall–Kier alpha value is -0.950. The van der Waals surface area contributed by atoms with E-state index in [9.17, 15) is 62.2 Å². The maximum Gasteiger partial charge on any atom is 0.460 e. The number of hydrogen-bond acceptors (Lipinski definition) is 1. The minimum atomic E-state index is -7.92. The van der Waals surface area contributed by atoms with Gasteiger partial charge in [-0.2, -0.15) is 57.1 Å². The van der Waals surface area contributed by atoms with Crippen molar-refractivity contribution in [3.8, 4) is 0 Å². The molecule has 1 nitrogen and oxygen atoms in total. The van der Waals surface area contributed by atoms with Crippen molar-refractivity contribution in [2.24, 2.45) is 0 Å². The Morgan fingerprint density at radius 1 is 0.630 bits per heavy atom. The molecule has 0 saturated carbocycles. The van der Waals surface area contributed by atoms with Crippen molar-refractivity contribution < 1.29 is 62.2 Å². The third kappa shape index (κ3) is 4.39. The van der Waals surface area contributed by atoms with Crippen LogP contribution in [0.1, 0.15) is 39.5 Å². The number of halogens is 13. The number of hydrogen-bond donors (Lipinski definition) is 1. The lowest BCUT2D eigenvalue weighted by Gasteiger charge is -2.41. The van der Waals surface area contributed by atoms with Crippen LogP contribution >= 0.6 is 0 Å². The second-order valence-corrected chi connectivity index (χ2v) is 6.28. The summed E-state index contributed by atoms with van der Waals surface area (Å²) in [6.07, 6.45) is -10.6. The van der Waals surface area contributed by atoms with Gasteiger partial charge in [-0.15, -0.1) is 0 Å². The fourth-order valence-corrected chi connectivity index (χ4v) is 2.04. The molecule has 0 heterocycles. The zero-order valence-corrected chi connectivity index (χ0v) is 13.7. The Balaban J connectivity index is 6.08. The molecule has 0 aromatic carbocycles. The Kier molecular flexibility index (Phi) is 6.89. The zero-order chi connectivity index (χ0) is 22.3. The van der Waals surface area contributed by atoms with Crippen LogP contribution < -0.4 is 0 Å². The molecule has 1 unspecified atom stereocenters. The molecule has 0 saturated heterocycles. The minimum absolute atomic E-state index is 0.0899. The van der Waals surface area contributed by atoms with Crippen molar-refractivity contribution in [1.29, 1.82) is 0 Å². The van der Waals surface area contributed by atoms with Gasteiger partial charge in [0.15, 0.2) is 0 Å². The minimum Gasteiger partial charge on any atom is -0.390 e. The molecule has 1 atom stereocenters. The quantitative estimate of drug-likeness (QED) is 0.438. The van der Waals surface area contributed by atoms with Gasteiger partial charge in [-0.3, -0.25) is 0 Å². The van der Waals surface area contributed by atoms with Gasteiger partial charge < -0.3 is 5.11 Å². The van der Waals surface area contributed by atoms with Gasteiger partial charge in [0, 0.05) is 6.42 Å². The molecule has 0 aliphatic heterocycles. The van der Waals surface area contributed by atoms with Gasteiger partial charge in [-0.1, -0.05) is 19.8 Å². The molecular weight excluding hydrogens is 419 g/mol. The summed E-state index contributed by atoms with van der Waals surface area (Å²) in [7, 11) is 0. The van der Waals surface area contributed by atoms with E-state index in [0.29, 0.717) is 6.92 Å². The molecule has 27 heavy (non-hydrogen) atoms. The van der Waals surface area contributed by atoms with E-state index in [-0.39, 0.29) is 12.8 Å². The third-order valence-electron chi connectivity index (χ3n) is 3.67. The SMILES string of the molecule is CCCCC(C)(O)CC(F)(F)C(F)(F)C(F)(F)C(F)(F)C(F)(F)C(F)(F)F. The van der Waals surface area contributed by atoms with Crippen LogP contribution in [0.3, 0.4) is 0 Å². The summed E-state index contributed by atoms with van der Waals surface area (Å²) in [6, 6.07) is 0. The first-order valence-corrected chi connectivity index (χ1v) is 7.20. The summed E-state index contributed by atoms with van der Waals surface area (Å²) < 4.78 is 168. The first-order valence-electron chi connectivity index (χ1n) is 7.20. The van der Waals surface area contributed by atoms with Crippen LogP contribution in [-0.4, -0.2) is 46.5 Å². The summed E-state index contributed by atoms with van der Waals surface area (Å²) in [6.45, 7) is 1.92. The van der Waals surface area contributed by atoms with Crippen LogP contribution in [0, 0.1) is 0 Å². The number of unbranched alkanes of at least 4 members (excludes halogenated alkanes) is 1. The summed E-state index contributed by atoms with van der Waals surface area (Å²) >= 11 is 0. The molecule has 0 aliphatic carbocycles. The monoisotopic (exact) mass is 434 g/mol. The van der Waals surface area contributed by atoms with E-state index in [2.05, 4.69) is 0 Å². The highest BCUT2D eigenvalue weighted by Crippen LogP contribution is 2.61. The Labute approximate surface area is 144 Å². The summed E-state index contributed by atoms with van der Waals surface area (Å²) in [5, 5.41) is 9.53. The molecule has 0 aliphatic rings. The van der Waals surface area contributed by atoms with Crippen LogP contribution in [0.5, 0.6) is 0 Å². The van der Waals surface area contributed by atoms with E-state index in [4.69, 9.17) is 0 Å². The predicted octanol–water partition coefficient (Wildman–Crippen LogP) is 6.06. The molecule has 1 N–H and O–H groups in total. The van der Waals surface area contributed by atoms with Crippen molar-refractivity contribution >= 4 is 0 Å². The van der Waals surface area contributed by atoms with Crippen molar-refractivity contribution in [1.82, 2.24) is 0 Å². The standard InChI is InChI=1S/C13H15F13O/c1-3-4-5-7(2,27)6-8(14,15)9(16,17)10(18,19)11(20,21)12(22,23)13(24,25)26/h27H,3-6H2,1-2H3. The molecule has 0 aromatic heterocycles. The maximum absolute atomic E-state index is 13.6. The van der Waals surface area contributed by atoms with Crippen molar-refractivity contribution in [3.63, 3.8) is 0 Å². The highest BCUT2D eigenvalue weighted by molar-refractivity contribution is 5.11. The van der Waals surface area contributed by atoms with Gasteiger partial charge >= 0.3 is 35.8 Å². The van der Waals surface area contributed by atoms with Gasteiger partial charge in [0.25, 0.3) is 0 Å². The average molecular weight is 434 g/mol. The molecule has 0 amide bonds. The van der Waals surface area contributed by atoms with Gasteiger partial charge in [0.05, 0.1) is 5.60 Å². The largest absolute Gasteiger partial charge is 0.460 e. The molecule has 0 radical (unpaired) electrons. The predicted molar refractivity (Wildman–Crippen MR) is 65.6 cm³/mol. The number of rotatable bonds is 9. The topological polar surface area (TPSA) is 20.2 Å². The molecule has 0 aromatic rings. The molecule has 164 valence electrons. The van der Waals surface area contributed by atoms with Crippen LogP contribution in [0.25, 0.3) is 0 Å². The smallest absolute Gasteiger partial charge is 0.390 e. The lowest BCUT2D eigenvalue weighted by molar-refractivity contribution is -0.441. The second-order valence-electron chi connectivity index (χ2n) is 6.28. The van der Waals surface area contributed by atoms with E-state index in [1.54, 1.807) is 0 Å². The highest BCUT2D eigenvalue weighted by atomic mass is 19.4. The van der Waals surface area contributed by atoms with Crippen molar-refractivity contribution in [2.75, 3.05) is 0 Å². The number of aliphatic hydroxyl groups is 1. The van der Waals surface area contributed by atoms with Gasteiger partial charge in [0.1, 0.15) is 0 Å². The van der Waals surface area contributed by atoms with E-state index in [1.807, 2.05) is 0 Å². The Bertz CT molecular complexity index is 507. The molecule has 0 spiro atoms. The first-order chi connectivity index (χ1) is 11.5. The third-order valence-corrected chi connectivity index (χ3v) is 3.67. The van der Waals surface area contributed by atoms with E-state index in [0.717, 1.165) is 0 Å². The van der Waals surface area contributed by atoms with Crippen LogP contribution in [0.2, 0.25) is 0 Å². The van der Waals surface area contributed by atoms with E-state index in [1.165, 1.54) is 6.92 Å². The average Bonchev–Trinajstić information content (AvgIpc) is 2.42. The van der Waals surface area contributed by atoms with Crippen molar-refractivity contribution in [2.45, 2.75) is 80.9 Å². The fraction of sp³-hybridized carbons (Fsp3) is 1.00. The molecule has 0 rings (SSSR count). The van der Waals surface area contributed by atoms with Gasteiger partial charge in [0.2, 0.25) is 0 Å². The maximum atomic E-state index is 13.6. The Morgan fingerprint density at radius 3 is 1.33 bits per heavy atom. The normalized spacial score (nSPS) is 17.8.